The third-order valence-electron chi connectivity index (χ3n) is 4.06. The van der Waals surface area contributed by atoms with E-state index in [4.69, 9.17) is 10.5 Å². The summed E-state index contributed by atoms with van der Waals surface area (Å²) in [7, 11) is 0. The number of ether oxygens (including phenoxy) is 1. The average Bonchev–Trinajstić information content (AvgIpc) is 2.46. The molecule has 0 saturated heterocycles. The molecule has 1 unspecified atom stereocenters. The Bertz CT molecular complexity index is 740. The fourth-order valence-electron chi connectivity index (χ4n) is 2.65. The van der Waals surface area contributed by atoms with Gasteiger partial charge in [0.25, 0.3) is 0 Å². The van der Waals surface area contributed by atoms with E-state index in [0.29, 0.717) is 22.6 Å². The lowest BCUT2D eigenvalue weighted by molar-refractivity contribution is 0.0844. The maximum atomic E-state index is 13.9. The topological polar surface area (TPSA) is 52.3 Å². The van der Waals surface area contributed by atoms with E-state index in [0.717, 1.165) is 11.1 Å². The molecule has 108 valence electrons. The predicted octanol–water partition coefficient (Wildman–Crippen LogP) is 3.73. The SMILES string of the molecule is Cc1c(N)cc2c(c1C)OC(c1ccccc1F)CC2=O. The van der Waals surface area contributed by atoms with Gasteiger partial charge in [-0.25, -0.2) is 4.39 Å². The largest absolute Gasteiger partial charge is 0.484 e. The summed E-state index contributed by atoms with van der Waals surface area (Å²) in [5, 5.41) is 0. The molecule has 2 aromatic rings. The maximum absolute atomic E-state index is 13.9. The second-order valence-corrected chi connectivity index (χ2v) is 5.35. The number of anilines is 1. The summed E-state index contributed by atoms with van der Waals surface area (Å²) in [4.78, 5) is 12.3. The van der Waals surface area contributed by atoms with Gasteiger partial charge in [-0.05, 0) is 37.1 Å². The number of carbonyl (C=O) groups is 1. The van der Waals surface area contributed by atoms with Crippen molar-refractivity contribution in [2.75, 3.05) is 5.73 Å². The number of nitrogen functional groups attached to an aromatic ring is 1. The molecule has 3 nitrogen and oxygen atoms in total. The molecule has 0 saturated carbocycles. The molecule has 0 aromatic heterocycles. The summed E-state index contributed by atoms with van der Waals surface area (Å²) in [6.45, 7) is 3.74. The Labute approximate surface area is 122 Å². The second-order valence-electron chi connectivity index (χ2n) is 5.35. The third kappa shape index (κ3) is 2.17. The number of halogens is 1. The Morgan fingerprint density at radius 2 is 1.95 bits per heavy atom. The first-order valence-corrected chi connectivity index (χ1v) is 6.83. The summed E-state index contributed by atoms with van der Waals surface area (Å²) < 4.78 is 19.8. The van der Waals surface area contributed by atoms with Gasteiger partial charge in [-0.15, -0.1) is 0 Å². The Kier molecular flexibility index (Phi) is 3.16. The fraction of sp³-hybridized carbons (Fsp3) is 0.235. The van der Waals surface area contributed by atoms with E-state index in [1.165, 1.54) is 6.07 Å². The van der Waals surface area contributed by atoms with E-state index < -0.39 is 6.10 Å². The Hall–Kier alpha value is -2.36. The van der Waals surface area contributed by atoms with Crippen LogP contribution in [0.25, 0.3) is 0 Å². The summed E-state index contributed by atoms with van der Waals surface area (Å²) in [6, 6.07) is 8.03. The zero-order valence-corrected chi connectivity index (χ0v) is 11.9. The molecule has 1 heterocycles. The van der Waals surface area contributed by atoms with Gasteiger partial charge in [-0.2, -0.15) is 0 Å². The number of hydrogen-bond donors (Lipinski definition) is 1. The van der Waals surface area contributed by atoms with Gasteiger partial charge in [0.05, 0.1) is 12.0 Å². The number of ketones is 1. The van der Waals surface area contributed by atoms with Crippen LogP contribution < -0.4 is 10.5 Å². The highest BCUT2D eigenvalue weighted by Gasteiger charge is 2.31. The molecular formula is C17H16FNO2. The van der Waals surface area contributed by atoms with Gasteiger partial charge in [0, 0.05) is 11.3 Å². The summed E-state index contributed by atoms with van der Waals surface area (Å²) in [6.07, 6.45) is -0.469. The molecule has 0 fully saturated rings. The molecular weight excluding hydrogens is 269 g/mol. The Morgan fingerprint density at radius 1 is 1.24 bits per heavy atom. The van der Waals surface area contributed by atoms with Crippen LogP contribution in [0.5, 0.6) is 5.75 Å². The number of rotatable bonds is 1. The van der Waals surface area contributed by atoms with Crippen LogP contribution in [0.2, 0.25) is 0 Å². The summed E-state index contributed by atoms with van der Waals surface area (Å²) >= 11 is 0. The highest BCUT2D eigenvalue weighted by molar-refractivity contribution is 6.01. The lowest BCUT2D eigenvalue weighted by Crippen LogP contribution is -2.22. The van der Waals surface area contributed by atoms with Crippen LogP contribution in [0.1, 0.15) is 39.6 Å². The Balaban J connectivity index is 2.09. The molecule has 3 rings (SSSR count). The number of benzene rings is 2. The normalized spacial score (nSPS) is 17.3. The molecule has 2 N–H and O–H groups in total. The Morgan fingerprint density at radius 3 is 2.67 bits per heavy atom. The highest BCUT2D eigenvalue weighted by atomic mass is 19.1. The van der Waals surface area contributed by atoms with E-state index in [1.54, 1.807) is 24.3 Å². The van der Waals surface area contributed by atoms with Crippen molar-refractivity contribution >= 4 is 11.5 Å². The quantitative estimate of drug-likeness (QED) is 0.812. The fourth-order valence-corrected chi connectivity index (χ4v) is 2.65. The number of Topliss-reactive ketones (excluding diaryl/α,β-unsaturated/α-hetero) is 1. The molecule has 0 amide bonds. The molecule has 4 heteroatoms. The minimum atomic E-state index is -0.590. The molecule has 1 atom stereocenters. The second kappa shape index (κ2) is 4.88. The van der Waals surface area contributed by atoms with Crippen molar-refractivity contribution in [1.29, 1.82) is 0 Å². The van der Waals surface area contributed by atoms with E-state index >= 15 is 0 Å². The van der Waals surface area contributed by atoms with E-state index in [9.17, 15) is 9.18 Å². The van der Waals surface area contributed by atoms with Crippen molar-refractivity contribution in [1.82, 2.24) is 0 Å². The zero-order chi connectivity index (χ0) is 15.1. The summed E-state index contributed by atoms with van der Waals surface area (Å²) in [5.41, 5.74) is 9.10. The van der Waals surface area contributed by atoms with Crippen molar-refractivity contribution in [3.8, 4) is 5.75 Å². The van der Waals surface area contributed by atoms with Crippen LogP contribution in [0.15, 0.2) is 30.3 Å². The predicted molar refractivity (Wildman–Crippen MR) is 79.0 cm³/mol. The molecule has 0 aliphatic carbocycles. The number of nitrogens with two attached hydrogens (primary N) is 1. The first-order chi connectivity index (χ1) is 9.99. The van der Waals surface area contributed by atoms with Crippen molar-refractivity contribution in [3.05, 3.63) is 58.4 Å². The number of fused-ring (bicyclic) bond motifs is 1. The van der Waals surface area contributed by atoms with Crippen LogP contribution in [-0.4, -0.2) is 5.78 Å². The van der Waals surface area contributed by atoms with E-state index in [-0.39, 0.29) is 18.0 Å². The standard InChI is InChI=1S/C17H16FNO2/c1-9-10(2)17-12(7-14(9)19)15(20)8-16(21-17)11-5-3-4-6-13(11)18/h3-7,16H,8,19H2,1-2H3. The van der Waals surface area contributed by atoms with Crippen LogP contribution in [0.3, 0.4) is 0 Å². The molecule has 1 aliphatic heterocycles. The van der Waals surface area contributed by atoms with Crippen LogP contribution >= 0.6 is 0 Å². The van der Waals surface area contributed by atoms with E-state index in [1.807, 2.05) is 13.8 Å². The number of carbonyl (C=O) groups excluding carboxylic acids is 1. The van der Waals surface area contributed by atoms with Crippen molar-refractivity contribution in [2.45, 2.75) is 26.4 Å². The lowest BCUT2D eigenvalue weighted by atomic mass is 9.92. The first kappa shape index (κ1) is 13.6. The van der Waals surface area contributed by atoms with Gasteiger partial charge in [-0.1, -0.05) is 18.2 Å². The van der Waals surface area contributed by atoms with Gasteiger partial charge in [0.15, 0.2) is 5.78 Å². The monoisotopic (exact) mass is 285 g/mol. The average molecular weight is 285 g/mol. The van der Waals surface area contributed by atoms with Gasteiger partial charge >= 0.3 is 0 Å². The lowest BCUT2D eigenvalue weighted by Gasteiger charge is -2.28. The molecule has 0 bridgehead atoms. The van der Waals surface area contributed by atoms with Crippen molar-refractivity contribution in [2.24, 2.45) is 0 Å². The molecule has 0 spiro atoms. The van der Waals surface area contributed by atoms with Crippen LogP contribution in [0, 0.1) is 19.7 Å². The molecule has 2 aromatic carbocycles. The third-order valence-corrected chi connectivity index (χ3v) is 4.06. The van der Waals surface area contributed by atoms with Crippen molar-refractivity contribution in [3.63, 3.8) is 0 Å². The summed E-state index contributed by atoms with van der Waals surface area (Å²) in [5.74, 6) is 0.0917. The first-order valence-electron chi connectivity index (χ1n) is 6.83. The smallest absolute Gasteiger partial charge is 0.170 e. The minimum Gasteiger partial charge on any atom is -0.484 e. The molecule has 1 aliphatic rings. The highest BCUT2D eigenvalue weighted by Crippen LogP contribution is 2.40. The van der Waals surface area contributed by atoms with Gasteiger partial charge in [0.1, 0.15) is 17.7 Å². The van der Waals surface area contributed by atoms with Gasteiger partial charge in [-0.3, -0.25) is 4.79 Å². The van der Waals surface area contributed by atoms with Crippen LogP contribution in [0.4, 0.5) is 10.1 Å². The van der Waals surface area contributed by atoms with Gasteiger partial charge in [0.2, 0.25) is 0 Å². The molecule has 0 radical (unpaired) electrons. The van der Waals surface area contributed by atoms with Crippen molar-refractivity contribution < 1.29 is 13.9 Å². The minimum absolute atomic E-state index is 0.0701. The van der Waals surface area contributed by atoms with Gasteiger partial charge < -0.3 is 10.5 Å². The van der Waals surface area contributed by atoms with E-state index in [2.05, 4.69) is 0 Å². The zero-order valence-electron chi connectivity index (χ0n) is 11.9. The number of hydrogen-bond acceptors (Lipinski definition) is 3. The maximum Gasteiger partial charge on any atom is 0.170 e. The van der Waals surface area contributed by atoms with Crippen LogP contribution in [-0.2, 0) is 0 Å². The molecule has 21 heavy (non-hydrogen) atoms.